The number of benzene rings is 1. The highest BCUT2D eigenvalue weighted by Gasteiger charge is 2.36. The molecule has 2 fully saturated rings. The zero-order valence-corrected chi connectivity index (χ0v) is 14.1. The quantitative estimate of drug-likeness (QED) is 0.939. The summed E-state index contributed by atoms with van der Waals surface area (Å²) >= 11 is 0. The first-order chi connectivity index (χ1) is 11.7. The van der Waals surface area contributed by atoms with E-state index in [0.717, 1.165) is 30.5 Å². The number of aromatic nitrogens is 2. The van der Waals surface area contributed by atoms with Crippen LogP contribution >= 0.6 is 0 Å². The van der Waals surface area contributed by atoms with Crippen molar-refractivity contribution in [2.24, 2.45) is 0 Å². The second kappa shape index (κ2) is 6.40. The summed E-state index contributed by atoms with van der Waals surface area (Å²) in [5.74, 6) is 0.131. The molecule has 126 valence electrons. The predicted octanol–water partition coefficient (Wildman–Crippen LogP) is 2.29. The van der Waals surface area contributed by atoms with Crippen LogP contribution in [0.4, 0.5) is 0 Å². The monoisotopic (exact) mass is 324 g/mol. The molecule has 2 aliphatic rings. The van der Waals surface area contributed by atoms with E-state index >= 15 is 0 Å². The molecule has 5 nitrogen and oxygen atoms in total. The fourth-order valence-electron chi connectivity index (χ4n) is 4.05. The van der Waals surface area contributed by atoms with Crippen LogP contribution in [0.3, 0.4) is 0 Å². The van der Waals surface area contributed by atoms with E-state index in [4.69, 9.17) is 0 Å². The van der Waals surface area contributed by atoms with Crippen LogP contribution < -0.4 is 5.32 Å². The van der Waals surface area contributed by atoms with Gasteiger partial charge in [-0.1, -0.05) is 12.1 Å². The van der Waals surface area contributed by atoms with Crippen molar-refractivity contribution in [3.8, 4) is 0 Å². The van der Waals surface area contributed by atoms with Gasteiger partial charge in [0, 0.05) is 43.1 Å². The zero-order valence-electron chi connectivity index (χ0n) is 14.1. The summed E-state index contributed by atoms with van der Waals surface area (Å²) in [6, 6.07) is 11.4. The van der Waals surface area contributed by atoms with Gasteiger partial charge in [-0.25, -0.2) is 0 Å². The van der Waals surface area contributed by atoms with Gasteiger partial charge >= 0.3 is 0 Å². The lowest BCUT2D eigenvalue weighted by molar-refractivity contribution is 0.0681. The minimum atomic E-state index is 0.131. The Kier molecular flexibility index (Phi) is 4.10. The second-order valence-corrected chi connectivity index (χ2v) is 7.08. The molecule has 1 amide bonds. The van der Waals surface area contributed by atoms with Crippen LogP contribution in [0.1, 0.15) is 41.6 Å². The van der Waals surface area contributed by atoms with Crippen molar-refractivity contribution in [3.05, 3.63) is 53.9 Å². The molecule has 0 saturated carbocycles. The van der Waals surface area contributed by atoms with Crippen molar-refractivity contribution in [1.29, 1.82) is 0 Å². The SMILES string of the molecule is CN(C(=O)c1ccc(Cn2cccn2)cc1)C1CC2CCC(C1)N2. The van der Waals surface area contributed by atoms with Crippen molar-refractivity contribution in [3.63, 3.8) is 0 Å². The van der Waals surface area contributed by atoms with E-state index in [2.05, 4.69) is 10.4 Å². The van der Waals surface area contributed by atoms with Gasteiger partial charge in [0.1, 0.15) is 0 Å². The largest absolute Gasteiger partial charge is 0.339 e. The van der Waals surface area contributed by atoms with Gasteiger partial charge in [-0.15, -0.1) is 0 Å². The molecule has 5 heteroatoms. The van der Waals surface area contributed by atoms with Crippen LogP contribution in [-0.2, 0) is 6.54 Å². The number of nitrogens with one attached hydrogen (secondary N) is 1. The van der Waals surface area contributed by atoms with Crippen molar-refractivity contribution in [2.45, 2.75) is 50.4 Å². The number of amides is 1. The number of carbonyl (C=O) groups is 1. The number of piperidine rings is 1. The summed E-state index contributed by atoms with van der Waals surface area (Å²) in [6.45, 7) is 0.731. The highest BCUT2D eigenvalue weighted by Crippen LogP contribution is 2.29. The number of nitrogens with zero attached hydrogens (tertiary/aromatic N) is 3. The Labute approximate surface area is 142 Å². The standard InChI is InChI=1S/C19H24N4O/c1-22(18-11-16-7-8-17(12-18)21-16)19(24)15-5-3-14(4-6-15)13-23-10-2-9-20-23/h2-6,9-10,16-18,21H,7-8,11-13H2,1H3. The van der Waals surface area contributed by atoms with E-state index in [0.29, 0.717) is 18.1 Å². The highest BCUT2D eigenvalue weighted by atomic mass is 16.2. The Morgan fingerprint density at radius 1 is 1.25 bits per heavy atom. The molecule has 0 radical (unpaired) electrons. The van der Waals surface area contributed by atoms with Crippen LogP contribution in [0, 0.1) is 0 Å². The molecule has 3 heterocycles. The number of hydrogen-bond acceptors (Lipinski definition) is 3. The summed E-state index contributed by atoms with van der Waals surface area (Å²) in [4.78, 5) is 14.7. The van der Waals surface area contributed by atoms with Crippen molar-refractivity contribution >= 4 is 5.91 Å². The minimum Gasteiger partial charge on any atom is -0.339 e. The van der Waals surface area contributed by atoms with Gasteiger partial charge < -0.3 is 10.2 Å². The number of hydrogen-bond donors (Lipinski definition) is 1. The van der Waals surface area contributed by atoms with Crippen molar-refractivity contribution in [1.82, 2.24) is 20.0 Å². The van der Waals surface area contributed by atoms with E-state index in [1.165, 1.54) is 12.8 Å². The maximum Gasteiger partial charge on any atom is 0.253 e. The summed E-state index contributed by atoms with van der Waals surface area (Å²) < 4.78 is 1.88. The third kappa shape index (κ3) is 3.08. The normalized spacial score (nSPS) is 25.6. The first-order valence-electron chi connectivity index (χ1n) is 8.78. The fraction of sp³-hybridized carbons (Fsp3) is 0.474. The van der Waals surface area contributed by atoms with Crippen molar-refractivity contribution in [2.75, 3.05) is 7.05 Å². The Bertz CT molecular complexity index is 683. The summed E-state index contributed by atoms with van der Waals surface area (Å²) in [6.07, 6.45) is 8.39. The lowest BCUT2D eigenvalue weighted by atomic mass is 9.98. The van der Waals surface area contributed by atoms with Gasteiger partial charge in [0.05, 0.1) is 6.54 Å². The van der Waals surface area contributed by atoms with E-state index < -0.39 is 0 Å². The third-order valence-corrected chi connectivity index (χ3v) is 5.42. The molecule has 24 heavy (non-hydrogen) atoms. The molecule has 1 aromatic heterocycles. The van der Waals surface area contributed by atoms with Gasteiger partial charge in [-0.05, 0) is 49.4 Å². The smallest absolute Gasteiger partial charge is 0.253 e. The van der Waals surface area contributed by atoms with Crippen LogP contribution in [0.25, 0.3) is 0 Å². The van der Waals surface area contributed by atoms with Crippen LogP contribution in [-0.4, -0.2) is 45.8 Å². The van der Waals surface area contributed by atoms with Gasteiger partial charge in [-0.2, -0.15) is 5.10 Å². The molecule has 1 aromatic carbocycles. The molecule has 2 aliphatic heterocycles. The Hall–Kier alpha value is -2.14. The van der Waals surface area contributed by atoms with E-state index in [1.54, 1.807) is 6.20 Å². The maximum absolute atomic E-state index is 12.8. The molecule has 2 atom stereocenters. The van der Waals surface area contributed by atoms with Gasteiger partial charge in [0.2, 0.25) is 0 Å². The zero-order chi connectivity index (χ0) is 16.5. The molecule has 0 aliphatic carbocycles. The van der Waals surface area contributed by atoms with Crippen molar-refractivity contribution < 1.29 is 4.79 Å². The number of fused-ring (bicyclic) bond motifs is 2. The van der Waals surface area contributed by atoms with Crippen LogP contribution in [0.2, 0.25) is 0 Å². The second-order valence-electron chi connectivity index (χ2n) is 7.08. The maximum atomic E-state index is 12.8. The van der Waals surface area contributed by atoms with E-state index in [-0.39, 0.29) is 5.91 Å². The van der Waals surface area contributed by atoms with E-state index in [1.807, 2.05) is 53.2 Å². The van der Waals surface area contributed by atoms with Gasteiger partial charge in [-0.3, -0.25) is 9.48 Å². The lowest BCUT2D eigenvalue weighted by Crippen LogP contribution is -2.48. The Morgan fingerprint density at radius 3 is 2.58 bits per heavy atom. The minimum absolute atomic E-state index is 0.131. The number of rotatable bonds is 4. The lowest BCUT2D eigenvalue weighted by Gasteiger charge is -2.35. The average molecular weight is 324 g/mol. The van der Waals surface area contributed by atoms with Gasteiger partial charge in [0.15, 0.2) is 0 Å². The predicted molar refractivity (Wildman–Crippen MR) is 92.8 cm³/mol. The molecule has 2 bridgehead atoms. The molecule has 2 saturated heterocycles. The molecule has 0 spiro atoms. The molecule has 2 aromatic rings. The van der Waals surface area contributed by atoms with E-state index in [9.17, 15) is 4.79 Å². The first-order valence-corrected chi connectivity index (χ1v) is 8.78. The third-order valence-electron chi connectivity index (χ3n) is 5.42. The Balaban J connectivity index is 1.42. The molecule has 2 unspecified atom stereocenters. The topological polar surface area (TPSA) is 50.2 Å². The Morgan fingerprint density at radius 2 is 1.96 bits per heavy atom. The molecular weight excluding hydrogens is 300 g/mol. The number of carbonyl (C=O) groups excluding carboxylic acids is 1. The summed E-state index contributed by atoms with van der Waals surface area (Å²) in [7, 11) is 1.95. The van der Waals surface area contributed by atoms with Crippen LogP contribution in [0.5, 0.6) is 0 Å². The van der Waals surface area contributed by atoms with Gasteiger partial charge in [0.25, 0.3) is 5.91 Å². The summed E-state index contributed by atoms with van der Waals surface area (Å²) in [5, 5.41) is 7.85. The molecular formula is C19H24N4O. The fourth-order valence-corrected chi connectivity index (χ4v) is 4.05. The molecule has 4 rings (SSSR count). The highest BCUT2D eigenvalue weighted by molar-refractivity contribution is 5.94. The molecule has 1 N–H and O–H groups in total. The average Bonchev–Trinajstić information content (AvgIpc) is 3.23. The summed E-state index contributed by atoms with van der Waals surface area (Å²) in [5.41, 5.74) is 1.92. The van der Waals surface area contributed by atoms with Crippen LogP contribution in [0.15, 0.2) is 42.7 Å². The first kappa shape index (κ1) is 15.4.